The third kappa shape index (κ3) is 3.93. The Labute approximate surface area is 105 Å². The van der Waals surface area contributed by atoms with Gasteiger partial charge in [0.1, 0.15) is 11.3 Å². The summed E-state index contributed by atoms with van der Waals surface area (Å²) in [5.74, 6) is -1.45. The summed E-state index contributed by atoms with van der Waals surface area (Å²) in [4.78, 5) is 22.3. The molecule has 0 aliphatic carbocycles. The summed E-state index contributed by atoms with van der Waals surface area (Å²) in [6, 6.07) is 6.28. The highest BCUT2D eigenvalue weighted by Crippen LogP contribution is 2.10. The van der Waals surface area contributed by atoms with Crippen molar-refractivity contribution in [2.45, 2.75) is 19.4 Å². The lowest BCUT2D eigenvalue weighted by Gasteiger charge is -2.19. The normalized spacial score (nSPS) is 11.4. The third-order valence-corrected chi connectivity index (χ3v) is 2.29. The van der Waals surface area contributed by atoms with E-state index in [1.54, 1.807) is 12.1 Å². The van der Waals surface area contributed by atoms with E-state index in [2.05, 4.69) is 5.32 Å². The lowest BCUT2D eigenvalue weighted by atomic mass is 10.1. The van der Waals surface area contributed by atoms with Gasteiger partial charge in [-0.15, -0.1) is 0 Å². The van der Waals surface area contributed by atoms with Gasteiger partial charge in [-0.05, 0) is 37.6 Å². The van der Waals surface area contributed by atoms with Gasteiger partial charge in [-0.2, -0.15) is 0 Å². The van der Waals surface area contributed by atoms with Crippen molar-refractivity contribution >= 4 is 18.0 Å². The molecule has 0 atom stereocenters. The highest BCUT2D eigenvalue weighted by Gasteiger charge is 2.27. The number of phenolic OH excluding ortho intramolecular Hbond substituents is 1. The summed E-state index contributed by atoms with van der Waals surface area (Å²) < 4.78 is 0. The van der Waals surface area contributed by atoms with Gasteiger partial charge in [0.2, 0.25) is 5.91 Å². The van der Waals surface area contributed by atoms with Crippen molar-refractivity contribution in [1.82, 2.24) is 5.32 Å². The van der Waals surface area contributed by atoms with Gasteiger partial charge in [-0.1, -0.05) is 12.1 Å². The molecular formula is C13H15NO4. The fourth-order valence-corrected chi connectivity index (χ4v) is 1.16. The Morgan fingerprint density at radius 1 is 1.22 bits per heavy atom. The van der Waals surface area contributed by atoms with Crippen LogP contribution in [0.1, 0.15) is 19.4 Å². The van der Waals surface area contributed by atoms with E-state index in [4.69, 9.17) is 10.2 Å². The zero-order valence-corrected chi connectivity index (χ0v) is 10.2. The molecule has 0 aromatic heterocycles. The first-order valence-corrected chi connectivity index (χ1v) is 5.34. The van der Waals surface area contributed by atoms with E-state index in [1.165, 1.54) is 38.1 Å². The number of carboxylic acids is 1. The van der Waals surface area contributed by atoms with Gasteiger partial charge in [-0.3, -0.25) is 4.79 Å². The number of carbonyl (C=O) groups is 2. The maximum absolute atomic E-state index is 11.5. The lowest BCUT2D eigenvalue weighted by Crippen LogP contribution is -2.49. The molecule has 96 valence electrons. The first kappa shape index (κ1) is 13.8. The molecule has 0 unspecified atom stereocenters. The van der Waals surface area contributed by atoms with E-state index < -0.39 is 17.4 Å². The molecule has 0 heterocycles. The summed E-state index contributed by atoms with van der Waals surface area (Å²) in [7, 11) is 0. The summed E-state index contributed by atoms with van der Waals surface area (Å²) in [5, 5.41) is 20.3. The molecule has 0 fully saturated rings. The Morgan fingerprint density at radius 3 is 2.28 bits per heavy atom. The number of aromatic hydroxyl groups is 1. The number of phenols is 1. The van der Waals surface area contributed by atoms with Crippen LogP contribution < -0.4 is 5.32 Å². The van der Waals surface area contributed by atoms with Gasteiger partial charge >= 0.3 is 5.97 Å². The quantitative estimate of drug-likeness (QED) is 0.704. The zero-order chi connectivity index (χ0) is 13.8. The van der Waals surface area contributed by atoms with Crippen LogP contribution in [0.15, 0.2) is 30.3 Å². The van der Waals surface area contributed by atoms with Gasteiger partial charge in [0.05, 0.1) is 0 Å². The molecule has 1 rings (SSSR count). The van der Waals surface area contributed by atoms with Crippen LogP contribution >= 0.6 is 0 Å². The molecule has 18 heavy (non-hydrogen) atoms. The predicted octanol–water partition coefficient (Wildman–Crippen LogP) is 1.38. The van der Waals surface area contributed by atoms with Crippen LogP contribution in [0.4, 0.5) is 0 Å². The standard InChI is InChI=1S/C13H15NO4/c1-13(2,12(17)18)14-11(16)8-5-9-3-6-10(15)7-4-9/h3-8,15H,1-2H3,(H,14,16)(H,17,18)/b8-5+. The molecule has 1 amide bonds. The van der Waals surface area contributed by atoms with Crippen LogP contribution in [0.25, 0.3) is 6.08 Å². The van der Waals surface area contributed by atoms with E-state index in [-0.39, 0.29) is 5.75 Å². The predicted molar refractivity (Wildman–Crippen MR) is 67.0 cm³/mol. The Kier molecular flexibility index (Phi) is 4.09. The van der Waals surface area contributed by atoms with Gasteiger partial charge in [0.25, 0.3) is 0 Å². The maximum Gasteiger partial charge on any atom is 0.328 e. The molecule has 0 spiro atoms. The molecule has 5 nitrogen and oxygen atoms in total. The molecule has 0 saturated heterocycles. The minimum Gasteiger partial charge on any atom is -0.508 e. The number of carboxylic acid groups (broad SMARTS) is 1. The Hall–Kier alpha value is -2.30. The van der Waals surface area contributed by atoms with Crippen LogP contribution in [-0.2, 0) is 9.59 Å². The van der Waals surface area contributed by atoms with Gasteiger partial charge in [-0.25, -0.2) is 4.79 Å². The topological polar surface area (TPSA) is 86.6 Å². The van der Waals surface area contributed by atoms with Crippen molar-refractivity contribution in [3.8, 4) is 5.75 Å². The molecular weight excluding hydrogens is 234 g/mol. The average molecular weight is 249 g/mol. The van der Waals surface area contributed by atoms with Crippen molar-refractivity contribution in [3.63, 3.8) is 0 Å². The van der Waals surface area contributed by atoms with E-state index >= 15 is 0 Å². The number of rotatable bonds is 4. The molecule has 1 aromatic carbocycles. The number of hydrogen-bond donors (Lipinski definition) is 3. The summed E-state index contributed by atoms with van der Waals surface area (Å²) in [6.07, 6.45) is 2.78. The third-order valence-electron chi connectivity index (χ3n) is 2.29. The average Bonchev–Trinajstić information content (AvgIpc) is 2.27. The van der Waals surface area contributed by atoms with Crippen molar-refractivity contribution in [1.29, 1.82) is 0 Å². The summed E-state index contributed by atoms with van der Waals surface area (Å²) in [6.45, 7) is 2.81. The number of aliphatic carboxylic acids is 1. The minimum absolute atomic E-state index is 0.142. The molecule has 5 heteroatoms. The molecule has 0 aliphatic rings. The number of nitrogens with one attached hydrogen (secondary N) is 1. The fraction of sp³-hybridized carbons (Fsp3) is 0.231. The zero-order valence-electron chi connectivity index (χ0n) is 10.2. The maximum atomic E-state index is 11.5. The smallest absolute Gasteiger partial charge is 0.328 e. The second kappa shape index (κ2) is 5.35. The van der Waals surface area contributed by atoms with Crippen LogP contribution in [0.2, 0.25) is 0 Å². The summed E-state index contributed by atoms with van der Waals surface area (Å²) in [5.41, 5.74) is -0.577. The van der Waals surface area contributed by atoms with Crippen LogP contribution in [-0.4, -0.2) is 27.6 Å². The Morgan fingerprint density at radius 2 is 1.78 bits per heavy atom. The number of benzene rings is 1. The monoisotopic (exact) mass is 249 g/mol. The Bertz CT molecular complexity index is 474. The van der Waals surface area contributed by atoms with Crippen LogP contribution in [0.3, 0.4) is 0 Å². The molecule has 1 aromatic rings. The van der Waals surface area contributed by atoms with E-state index in [9.17, 15) is 9.59 Å². The van der Waals surface area contributed by atoms with Crippen molar-refractivity contribution in [3.05, 3.63) is 35.9 Å². The first-order chi connectivity index (χ1) is 8.31. The van der Waals surface area contributed by atoms with Crippen molar-refractivity contribution in [2.75, 3.05) is 0 Å². The molecule has 0 radical (unpaired) electrons. The molecule has 0 bridgehead atoms. The van der Waals surface area contributed by atoms with E-state index in [0.717, 1.165) is 5.56 Å². The second-order valence-electron chi connectivity index (χ2n) is 4.34. The molecule has 0 saturated carbocycles. The Balaban J connectivity index is 2.65. The fourth-order valence-electron chi connectivity index (χ4n) is 1.16. The second-order valence-corrected chi connectivity index (χ2v) is 4.34. The number of hydrogen-bond acceptors (Lipinski definition) is 3. The van der Waals surface area contributed by atoms with Gasteiger partial charge in [0.15, 0.2) is 0 Å². The molecule has 3 N–H and O–H groups in total. The van der Waals surface area contributed by atoms with E-state index in [0.29, 0.717) is 0 Å². The highest BCUT2D eigenvalue weighted by atomic mass is 16.4. The van der Waals surface area contributed by atoms with Gasteiger partial charge < -0.3 is 15.5 Å². The van der Waals surface area contributed by atoms with Crippen LogP contribution in [0, 0.1) is 0 Å². The molecule has 0 aliphatic heterocycles. The minimum atomic E-state index is -1.31. The lowest BCUT2D eigenvalue weighted by molar-refractivity contribution is -0.145. The number of carbonyl (C=O) groups excluding carboxylic acids is 1. The van der Waals surface area contributed by atoms with Crippen molar-refractivity contribution < 1.29 is 19.8 Å². The number of amides is 1. The van der Waals surface area contributed by atoms with Crippen molar-refractivity contribution in [2.24, 2.45) is 0 Å². The SMILES string of the molecule is CC(C)(NC(=O)/C=C/c1ccc(O)cc1)C(=O)O. The largest absolute Gasteiger partial charge is 0.508 e. The summed E-state index contributed by atoms with van der Waals surface area (Å²) >= 11 is 0. The van der Waals surface area contributed by atoms with Gasteiger partial charge in [0, 0.05) is 6.08 Å². The van der Waals surface area contributed by atoms with E-state index in [1.807, 2.05) is 0 Å². The first-order valence-electron chi connectivity index (χ1n) is 5.34. The van der Waals surface area contributed by atoms with Crippen LogP contribution in [0.5, 0.6) is 5.75 Å². The highest BCUT2D eigenvalue weighted by molar-refractivity contribution is 5.95.